The molecule has 1 aromatic rings. The summed E-state index contributed by atoms with van der Waals surface area (Å²) in [4.78, 5) is 11.1. The molecule has 0 saturated heterocycles. The largest absolute Gasteiger partial charge is 0.493 e. The predicted molar refractivity (Wildman–Crippen MR) is 78.0 cm³/mol. The number of amides is 1. The van der Waals surface area contributed by atoms with Gasteiger partial charge in [0.1, 0.15) is 5.75 Å². The third-order valence-electron chi connectivity index (χ3n) is 3.79. The fraction of sp³-hybridized carbons (Fsp3) is 0.500. The van der Waals surface area contributed by atoms with E-state index in [-0.39, 0.29) is 0 Å². The first kappa shape index (κ1) is 14.3. The lowest BCUT2D eigenvalue weighted by Gasteiger charge is -2.18. The zero-order chi connectivity index (χ0) is 13.8. The summed E-state index contributed by atoms with van der Waals surface area (Å²) in [6.07, 6.45) is 3.62. The number of carbonyl (C=O) groups excluding carboxylic acids is 1. The molecule has 0 heterocycles. The third-order valence-corrected chi connectivity index (χ3v) is 4.45. The molecule has 0 spiro atoms. The maximum atomic E-state index is 11.1. The molecule has 0 aromatic heterocycles. The van der Waals surface area contributed by atoms with Crippen molar-refractivity contribution in [3.8, 4) is 5.75 Å². The van der Waals surface area contributed by atoms with E-state index in [0.29, 0.717) is 28.5 Å². The van der Waals surface area contributed by atoms with E-state index in [1.165, 1.54) is 19.3 Å². The van der Waals surface area contributed by atoms with Crippen LogP contribution in [-0.2, 0) is 0 Å². The number of ether oxygens (including phenoxy) is 1. The van der Waals surface area contributed by atoms with Crippen molar-refractivity contribution in [1.29, 1.82) is 0 Å². The van der Waals surface area contributed by atoms with Crippen molar-refractivity contribution in [1.82, 2.24) is 0 Å². The molecular weight excluding hydrogens is 308 g/mol. The zero-order valence-electron chi connectivity index (χ0n) is 10.8. The van der Waals surface area contributed by atoms with Gasteiger partial charge in [-0.3, -0.25) is 4.79 Å². The van der Waals surface area contributed by atoms with E-state index in [2.05, 4.69) is 15.9 Å². The summed E-state index contributed by atoms with van der Waals surface area (Å²) < 4.78 is 6.47. The summed E-state index contributed by atoms with van der Waals surface area (Å²) in [5, 5.41) is 0. The van der Waals surface area contributed by atoms with Crippen LogP contribution in [0.3, 0.4) is 0 Å². The summed E-state index contributed by atoms with van der Waals surface area (Å²) in [5.74, 6) is 1.42. The van der Waals surface area contributed by atoms with Crippen LogP contribution in [0.2, 0.25) is 0 Å². The Balaban J connectivity index is 1.96. The Labute approximate surface area is 121 Å². The molecule has 1 amide bonds. The second kappa shape index (κ2) is 6.39. The van der Waals surface area contributed by atoms with Gasteiger partial charge in [0.25, 0.3) is 0 Å². The minimum absolute atomic E-state index is 0.447. The highest BCUT2D eigenvalue weighted by Crippen LogP contribution is 2.32. The Morgan fingerprint density at radius 2 is 2.11 bits per heavy atom. The van der Waals surface area contributed by atoms with Crippen molar-refractivity contribution in [3.63, 3.8) is 0 Å². The number of benzene rings is 1. The van der Waals surface area contributed by atoms with Crippen molar-refractivity contribution < 1.29 is 9.53 Å². The maximum Gasteiger partial charge on any atom is 0.249 e. The Hall–Kier alpha value is -1.07. The molecular formula is C14H19BrN2O2. The minimum atomic E-state index is -0.447. The van der Waals surface area contributed by atoms with Crippen molar-refractivity contribution in [2.75, 3.05) is 13.2 Å². The lowest BCUT2D eigenvalue weighted by molar-refractivity contribution is 0.0999. The van der Waals surface area contributed by atoms with Crippen LogP contribution in [0.5, 0.6) is 5.75 Å². The molecule has 1 fully saturated rings. The van der Waals surface area contributed by atoms with Crippen LogP contribution in [0.25, 0.3) is 0 Å². The summed E-state index contributed by atoms with van der Waals surface area (Å²) in [6.45, 7) is 1.42. The quantitative estimate of drug-likeness (QED) is 0.871. The van der Waals surface area contributed by atoms with Crippen molar-refractivity contribution >= 4 is 21.8 Å². The van der Waals surface area contributed by atoms with Crippen molar-refractivity contribution in [2.45, 2.75) is 19.3 Å². The first-order valence-electron chi connectivity index (χ1n) is 6.54. The molecule has 4 N–H and O–H groups in total. The van der Waals surface area contributed by atoms with Crippen molar-refractivity contribution in [2.24, 2.45) is 23.3 Å². The molecule has 0 aliphatic heterocycles. The summed E-state index contributed by atoms with van der Waals surface area (Å²) >= 11 is 3.33. The van der Waals surface area contributed by atoms with Crippen LogP contribution in [0.1, 0.15) is 29.6 Å². The number of rotatable bonds is 5. The van der Waals surface area contributed by atoms with E-state index in [4.69, 9.17) is 16.2 Å². The topological polar surface area (TPSA) is 78.3 Å². The van der Waals surface area contributed by atoms with E-state index in [1.54, 1.807) is 18.2 Å². The van der Waals surface area contributed by atoms with Gasteiger partial charge in [0.05, 0.1) is 12.2 Å². The van der Waals surface area contributed by atoms with Crippen LogP contribution in [-0.4, -0.2) is 19.1 Å². The van der Waals surface area contributed by atoms with Gasteiger partial charge in [-0.15, -0.1) is 0 Å². The van der Waals surface area contributed by atoms with Gasteiger partial charge in [-0.25, -0.2) is 0 Å². The Kier molecular flexibility index (Phi) is 4.82. The molecule has 4 nitrogen and oxygen atoms in total. The Morgan fingerprint density at radius 3 is 2.74 bits per heavy atom. The molecule has 2 rings (SSSR count). The average molecular weight is 327 g/mol. The molecule has 0 bridgehead atoms. The van der Waals surface area contributed by atoms with Gasteiger partial charge in [0, 0.05) is 4.47 Å². The number of hydrogen-bond acceptors (Lipinski definition) is 3. The Morgan fingerprint density at radius 1 is 1.37 bits per heavy atom. The molecule has 104 valence electrons. The monoisotopic (exact) mass is 326 g/mol. The van der Waals surface area contributed by atoms with Gasteiger partial charge >= 0.3 is 0 Å². The number of hydrogen-bond donors (Lipinski definition) is 2. The van der Waals surface area contributed by atoms with E-state index in [1.807, 2.05) is 0 Å². The minimum Gasteiger partial charge on any atom is -0.493 e. The van der Waals surface area contributed by atoms with Gasteiger partial charge in [0.15, 0.2) is 0 Å². The van der Waals surface area contributed by atoms with Gasteiger partial charge in [0.2, 0.25) is 5.91 Å². The lowest BCUT2D eigenvalue weighted by atomic mass is 9.97. The highest BCUT2D eigenvalue weighted by molar-refractivity contribution is 9.10. The number of primary amides is 1. The second-order valence-corrected chi connectivity index (χ2v) is 5.86. The van der Waals surface area contributed by atoms with E-state index < -0.39 is 5.91 Å². The van der Waals surface area contributed by atoms with E-state index in [0.717, 1.165) is 12.3 Å². The van der Waals surface area contributed by atoms with Crippen LogP contribution in [0.15, 0.2) is 22.7 Å². The lowest BCUT2D eigenvalue weighted by Crippen LogP contribution is -2.23. The molecule has 2 atom stereocenters. The standard InChI is InChI=1S/C14H19BrN2O2/c15-13-6-11(4-5-12(13)14(17)18)19-8-10-3-1-2-9(10)7-16/h4-6,9-10H,1-3,7-8,16H2,(H2,17,18). The van der Waals surface area contributed by atoms with Gasteiger partial charge in [-0.2, -0.15) is 0 Å². The number of nitrogens with two attached hydrogens (primary N) is 2. The molecule has 1 aromatic carbocycles. The third kappa shape index (κ3) is 3.48. The molecule has 1 saturated carbocycles. The van der Waals surface area contributed by atoms with Gasteiger partial charge in [-0.1, -0.05) is 6.42 Å². The predicted octanol–water partition coefficient (Wildman–Crippen LogP) is 2.30. The fourth-order valence-electron chi connectivity index (χ4n) is 2.63. The molecule has 1 aliphatic carbocycles. The van der Waals surface area contributed by atoms with Crippen LogP contribution in [0, 0.1) is 11.8 Å². The molecule has 1 aliphatic rings. The summed E-state index contributed by atoms with van der Waals surface area (Å²) in [7, 11) is 0. The van der Waals surface area contributed by atoms with Crippen LogP contribution >= 0.6 is 15.9 Å². The molecule has 0 radical (unpaired) electrons. The highest BCUT2D eigenvalue weighted by atomic mass is 79.9. The molecule has 2 unspecified atom stereocenters. The number of carbonyl (C=O) groups is 1. The summed E-state index contributed by atoms with van der Waals surface area (Å²) in [5.41, 5.74) is 11.5. The average Bonchev–Trinajstić information content (AvgIpc) is 2.83. The zero-order valence-corrected chi connectivity index (χ0v) is 12.4. The highest BCUT2D eigenvalue weighted by Gasteiger charge is 2.26. The molecule has 5 heteroatoms. The van der Waals surface area contributed by atoms with Gasteiger partial charge in [-0.05, 0) is 65.4 Å². The van der Waals surface area contributed by atoms with Crippen LogP contribution in [0.4, 0.5) is 0 Å². The molecule has 19 heavy (non-hydrogen) atoms. The number of halogens is 1. The maximum absolute atomic E-state index is 11.1. The van der Waals surface area contributed by atoms with E-state index in [9.17, 15) is 4.79 Å². The Bertz CT molecular complexity index is 465. The first-order valence-corrected chi connectivity index (χ1v) is 7.33. The SMILES string of the molecule is NCC1CCCC1COc1ccc(C(N)=O)c(Br)c1. The van der Waals surface area contributed by atoms with Crippen LogP contribution < -0.4 is 16.2 Å². The normalized spacial score (nSPS) is 22.4. The van der Waals surface area contributed by atoms with Crippen molar-refractivity contribution in [3.05, 3.63) is 28.2 Å². The van der Waals surface area contributed by atoms with Gasteiger partial charge < -0.3 is 16.2 Å². The smallest absolute Gasteiger partial charge is 0.249 e. The second-order valence-electron chi connectivity index (χ2n) is 5.00. The first-order chi connectivity index (χ1) is 9.11. The fourth-order valence-corrected chi connectivity index (χ4v) is 3.19. The van der Waals surface area contributed by atoms with E-state index >= 15 is 0 Å². The summed E-state index contributed by atoms with van der Waals surface area (Å²) in [6, 6.07) is 5.24.